The van der Waals surface area contributed by atoms with Crippen LogP contribution in [0, 0.1) is 0 Å². The number of nitrogen functional groups attached to an aromatic ring is 1. The van der Waals surface area contributed by atoms with Gasteiger partial charge in [-0.3, -0.25) is 9.36 Å². The Labute approximate surface area is 112 Å². The van der Waals surface area contributed by atoms with Gasteiger partial charge in [-0.15, -0.1) is 0 Å². The van der Waals surface area contributed by atoms with Crippen molar-refractivity contribution in [2.24, 2.45) is 0 Å². The quantitative estimate of drug-likeness (QED) is 0.508. The molecule has 4 atom stereocenters. The fourth-order valence-electron chi connectivity index (χ4n) is 1.94. The van der Waals surface area contributed by atoms with Crippen molar-refractivity contribution in [3.05, 3.63) is 16.8 Å². The molecule has 0 aliphatic carbocycles. The zero-order valence-corrected chi connectivity index (χ0v) is 10.5. The third-order valence-electron chi connectivity index (χ3n) is 2.81. The topological polar surface area (TPSA) is 150 Å². The number of rotatable bonds is 3. The monoisotopic (exact) mass is 286 g/mol. The molecular weight excluding hydrogens is 272 g/mol. The molecule has 1 fully saturated rings. The maximum Gasteiger partial charge on any atom is 0.354 e. The van der Waals surface area contributed by atoms with Gasteiger partial charge in [0.1, 0.15) is 18.5 Å². The number of aliphatic hydroxyl groups excluding tert-OH is 2. The first-order chi connectivity index (χ1) is 9.43. The van der Waals surface area contributed by atoms with Gasteiger partial charge in [0.05, 0.1) is 6.61 Å². The Bertz CT molecular complexity index is 561. The predicted octanol–water partition coefficient (Wildman–Crippen LogP) is -2.60. The lowest BCUT2D eigenvalue weighted by Gasteiger charge is -2.20. The first kappa shape index (κ1) is 14.4. The van der Waals surface area contributed by atoms with Crippen LogP contribution in [0.25, 0.3) is 0 Å². The summed E-state index contributed by atoms with van der Waals surface area (Å²) in [6, 6.07) is 0. The fraction of sp³-hybridized carbons (Fsp3) is 0.600. The Morgan fingerprint density at radius 2 is 2.35 bits per heavy atom. The zero-order valence-electron chi connectivity index (χ0n) is 10.5. The summed E-state index contributed by atoms with van der Waals surface area (Å²) in [6.45, 7) is 0.651. The summed E-state index contributed by atoms with van der Waals surface area (Å²) in [7, 11) is 0. The fourth-order valence-corrected chi connectivity index (χ4v) is 1.94. The molecule has 0 aromatic carbocycles. The molecule has 20 heavy (non-hydrogen) atoms. The lowest BCUT2D eigenvalue weighted by molar-refractivity contribution is -0.156. The standard InChI is InChI=1S/C10H14N4O6/c1-4(16)19-7-6(17)5(2-15)20-8(7)14-3-12-9(11)13-10(14)18/h3,5-8,15,17H,2H2,1H3,(H2,11,13,18)/t5-,6?,7?,8-/m1/s1. The second-order valence-corrected chi connectivity index (χ2v) is 4.22. The number of anilines is 1. The van der Waals surface area contributed by atoms with Crippen LogP contribution in [0.1, 0.15) is 13.2 Å². The van der Waals surface area contributed by atoms with Crippen molar-refractivity contribution in [3.63, 3.8) is 0 Å². The highest BCUT2D eigenvalue weighted by molar-refractivity contribution is 5.66. The van der Waals surface area contributed by atoms with E-state index in [9.17, 15) is 14.7 Å². The largest absolute Gasteiger partial charge is 0.455 e. The van der Waals surface area contributed by atoms with E-state index >= 15 is 0 Å². The molecule has 2 rings (SSSR count). The van der Waals surface area contributed by atoms with Gasteiger partial charge in [0, 0.05) is 6.92 Å². The molecule has 4 N–H and O–H groups in total. The summed E-state index contributed by atoms with van der Waals surface area (Å²) in [5.74, 6) is -0.877. The summed E-state index contributed by atoms with van der Waals surface area (Å²) in [5, 5.41) is 19.0. The molecule has 1 aromatic heterocycles. The SMILES string of the molecule is CC(=O)OC1C(O)[C@@H](CO)O[C@H]1n1cnc(N)nc1=O. The summed E-state index contributed by atoms with van der Waals surface area (Å²) < 4.78 is 11.2. The van der Waals surface area contributed by atoms with Gasteiger partial charge in [-0.2, -0.15) is 4.98 Å². The molecule has 110 valence electrons. The minimum Gasteiger partial charge on any atom is -0.455 e. The summed E-state index contributed by atoms with van der Waals surface area (Å²) in [6.07, 6.45) is -3.50. The molecule has 2 unspecified atom stereocenters. The van der Waals surface area contributed by atoms with Crippen LogP contribution in [0.2, 0.25) is 0 Å². The molecule has 1 saturated heterocycles. The van der Waals surface area contributed by atoms with Gasteiger partial charge in [-0.1, -0.05) is 0 Å². The van der Waals surface area contributed by atoms with E-state index in [1.807, 2.05) is 0 Å². The van der Waals surface area contributed by atoms with Crippen molar-refractivity contribution in [1.82, 2.24) is 14.5 Å². The van der Waals surface area contributed by atoms with Gasteiger partial charge < -0.3 is 25.4 Å². The van der Waals surface area contributed by atoms with Crippen molar-refractivity contribution < 1.29 is 24.5 Å². The summed E-state index contributed by atoms with van der Waals surface area (Å²) in [4.78, 5) is 29.8. The van der Waals surface area contributed by atoms with Crippen molar-refractivity contribution in [2.75, 3.05) is 12.3 Å². The first-order valence-electron chi connectivity index (χ1n) is 5.76. The molecular formula is C10H14N4O6. The number of nitrogens with zero attached hydrogens (tertiary/aromatic N) is 3. The van der Waals surface area contributed by atoms with E-state index < -0.39 is 42.8 Å². The van der Waals surface area contributed by atoms with Crippen molar-refractivity contribution >= 4 is 11.9 Å². The highest BCUT2D eigenvalue weighted by atomic mass is 16.6. The van der Waals surface area contributed by atoms with E-state index in [0.717, 1.165) is 17.8 Å². The van der Waals surface area contributed by atoms with E-state index in [-0.39, 0.29) is 5.95 Å². The smallest absolute Gasteiger partial charge is 0.354 e. The first-order valence-corrected chi connectivity index (χ1v) is 5.76. The van der Waals surface area contributed by atoms with Crippen LogP contribution in [0.4, 0.5) is 5.95 Å². The number of ether oxygens (including phenoxy) is 2. The van der Waals surface area contributed by atoms with Crippen molar-refractivity contribution in [2.45, 2.75) is 31.5 Å². The molecule has 2 heterocycles. The molecule has 0 amide bonds. The summed E-state index contributed by atoms with van der Waals surface area (Å²) in [5.41, 5.74) is 4.50. The minimum absolute atomic E-state index is 0.215. The number of nitrogens with two attached hydrogens (primary N) is 1. The van der Waals surface area contributed by atoms with Crippen LogP contribution in [0.15, 0.2) is 11.1 Å². The van der Waals surface area contributed by atoms with Crippen LogP contribution >= 0.6 is 0 Å². The Morgan fingerprint density at radius 1 is 1.65 bits per heavy atom. The van der Waals surface area contributed by atoms with E-state index in [4.69, 9.17) is 20.3 Å². The molecule has 1 aliphatic heterocycles. The van der Waals surface area contributed by atoms with Crippen molar-refractivity contribution in [1.29, 1.82) is 0 Å². The lowest BCUT2D eigenvalue weighted by atomic mass is 10.1. The second-order valence-electron chi connectivity index (χ2n) is 4.22. The number of carbonyl (C=O) groups is 1. The van der Waals surface area contributed by atoms with Gasteiger partial charge in [0.25, 0.3) is 0 Å². The number of hydrogen-bond donors (Lipinski definition) is 3. The van der Waals surface area contributed by atoms with E-state index in [2.05, 4.69) is 9.97 Å². The Balaban J connectivity index is 2.36. The minimum atomic E-state index is -1.28. The van der Waals surface area contributed by atoms with Crippen LogP contribution in [-0.4, -0.2) is 55.6 Å². The molecule has 0 bridgehead atoms. The molecule has 0 saturated carbocycles. The lowest BCUT2D eigenvalue weighted by Crippen LogP contribution is -2.39. The van der Waals surface area contributed by atoms with Crippen molar-refractivity contribution in [3.8, 4) is 0 Å². The molecule has 0 spiro atoms. The normalized spacial score (nSPS) is 29.4. The second kappa shape index (κ2) is 5.53. The Hall–Kier alpha value is -2.04. The molecule has 10 heteroatoms. The highest BCUT2D eigenvalue weighted by Gasteiger charge is 2.47. The van der Waals surface area contributed by atoms with Crippen LogP contribution in [0.3, 0.4) is 0 Å². The van der Waals surface area contributed by atoms with Crippen LogP contribution < -0.4 is 11.4 Å². The number of aromatic nitrogens is 3. The molecule has 1 aromatic rings. The molecule has 1 aliphatic rings. The van der Waals surface area contributed by atoms with Gasteiger partial charge in [-0.25, -0.2) is 9.78 Å². The number of hydrogen-bond acceptors (Lipinski definition) is 9. The molecule has 0 radical (unpaired) electrons. The maximum atomic E-state index is 11.7. The number of aliphatic hydroxyl groups is 2. The predicted molar refractivity (Wildman–Crippen MR) is 63.3 cm³/mol. The van der Waals surface area contributed by atoms with Gasteiger partial charge in [0.2, 0.25) is 5.95 Å². The number of esters is 1. The maximum absolute atomic E-state index is 11.7. The molecule has 10 nitrogen and oxygen atoms in total. The third kappa shape index (κ3) is 2.61. The zero-order chi connectivity index (χ0) is 14.9. The van der Waals surface area contributed by atoms with Crippen LogP contribution in [-0.2, 0) is 14.3 Å². The van der Waals surface area contributed by atoms with Gasteiger partial charge in [-0.05, 0) is 0 Å². The Morgan fingerprint density at radius 3 is 2.90 bits per heavy atom. The third-order valence-corrected chi connectivity index (χ3v) is 2.81. The Kier molecular flexibility index (Phi) is 3.97. The van der Waals surface area contributed by atoms with Crippen LogP contribution in [0.5, 0.6) is 0 Å². The summed E-state index contributed by atoms with van der Waals surface area (Å²) >= 11 is 0. The van der Waals surface area contributed by atoms with Gasteiger partial charge >= 0.3 is 11.7 Å². The highest BCUT2D eigenvalue weighted by Crippen LogP contribution is 2.30. The average molecular weight is 286 g/mol. The van der Waals surface area contributed by atoms with Gasteiger partial charge in [0.15, 0.2) is 12.3 Å². The average Bonchev–Trinajstić information content (AvgIpc) is 2.66. The van der Waals surface area contributed by atoms with E-state index in [0.29, 0.717) is 0 Å². The van der Waals surface area contributed by atoms with E-state index in [1.54, 1.807) is 0 Å². The number of carbonyl (C=O) groups excluding carboxylic acids is 1. The van der Waals surface area contributed by atoms with E-state index in [1.165, 1.54) is 0 Å².